The molecule has 1 aliphatic heterocycles. The second-order valence-corrected chi connectivity index (χ2v) is 7.82. The molecule has 0 saturated carbocycles. The number of hydrazine groups is 1. The summed E-state index contributed by atoms with van der Waals surface area (Å²) in [5.41, 5.74) is 8.70. The molecule has 4 rings (SSSR count). The minimum absolute atomic E-state index is 0.197. The van der Waals surface area contributed by atoms with Crippen LogP contribution < -0.4 is 20.5 Å². The number of aryl methyl sites for hydroxylation is 1. The van der Waals surface area contributed by atoms with Gasteiger partial charge in [-0.05, 0) is 49.1 Å². The van der Waals surface area contributed by atoms with Crippen molar-refractivity contribution in [1.82, 2.24) is 10.9 Å². The summed E-state index contributed by atoms with van der Waals surface area (Å²) in [5, 5.41) is 0. The van der Waals surface area contributed by atoms with E-state index < -0.39 is 11.8 Å². The average Bonchev–Trinajstić information content (AvgIpc) is 3.40. The van der Waals surface area contributed by atoms with Crippen molar-refractivity contribution in [2.45, 2.75) is 39.3 Å². The Labute approximate surface area is 187 Å². The topological polar surface area (TPSA) is 83.8 Å². The Balaban J connectivity index is 1.33. The average molecular weight is 434 g/mol. The molecule has 0 saturated heterocycles. The molecule has 2 N–H and O–H groups in total. The van der Waals surface area contributed by atoms with E-state index in [1.165, 1.54) is 11.8 Å². The van der Waals surface area contributed by atoms with E-state index in [0.29, 0.717) is 29.7 Å². The van der Waals surface area contributed by atoms with Gasteiger partial charge in [-0.1, -0.05) is 43.3 Å². The van der Waals surface area contributed by atoms with Crippen LogP contribution in [0.2, 0.25) is 0 Å². The van der Waals surface area contributed by atoms with Crippen molar-refractivity contribution >= 4 is 17.5 Å². The first-order valence-electron chi connectivity index (χ1n) is 10.8. The summed E-state index contributed by atoms with van der Waals surface area (Å²) in [6, 6.07) is 17.7. The van der Waals surface area contributed by atoms with Crippen molar-refractivity contribution in [3.05, 3.63) is 83.3 Å². The largest absolute Gasteiger partial charge is 0.483 e. The van der Waals surface area contributed by atoms with Crippen LogP contribution in [-0.4, -0.2) is 24.5 Å². The number of furan rings is 1. The third-order valence-electron chi connectivity index (χ3n) is 5.68. The molecule has 2 heterocycles. The number of benzene rings is 2. The summed E-state index contributed by atoms with van der Waals surface area (Å²) in [6.07, 6.45) is 3.25. The van der Waals surface area contributed by atoms with Crippen molar-refractivity contribution in [2.75, 3.05) is 11.5 Å². The Morgan fingerprint density at radius 1 is 1.09 bits per heavy atom. The highest BCUT2D eigenvalue weighted by Gasteiger charge is 2.28. The highest BCUT2D eigenvalue weighted by molar-refractivity contribution is 5.96. The van der Waals surface area contributed by atoms with Crippen molar-refractivity contribution in [3.8, 4) is 5.75 Å². The molecule has 32 heavy (non-hydrogen) atoms. The molecular formula is C25H27N3O4. The third kappa shape index (κ3) is 4.61. The fraction of sp³-hybridized carbons (Fsp3) is 0.280. The summed E-state index contributed by atoms with van der Waals surface area (Å²) in [5.74, 6) is 0.328. The van der Waals surface area contributed by atoms with Gasteiger partial charge in [0.25, 0.3) is 11.8 Å². The van der Waals surface area contributed by atoms with Gasteiger partial charge < -0.3 is 14.1 Å². The molecule has 2 aromatic carbocycles. The zero-order valence-corrected chi connectivity index (χ0v) is 18.3. The van der Waals surface area contributed by atoms with Gasteiger partial charge in [0.1, 0.15) is 11.5 Å². The normalized spacial score (nSPS) is 14.7. The van der Waals surface area contributed by atoms with Gasteiger partial charge in [0, 0.05) is 11.7 Å². The number of anilines is 1. The summed E-state index contributed by atoms with van der Waals surface area (Å²) in [4.78, 5) is 27.0. The molecule has 0 bridgehead atoms. The number of ether oxygens (including phenoxy) is 1. The van der Waals surface area contributed by atoms with Crippen LogP contribution in [0.25, 0.3) is 0 Å². The molecule has 7 nitrogen and oxygen atoms in total. The SMILES string of the molecule is CCc1ccccc1OCC(=O)NNC(=O)c1ccoc1CN1c2ccccc2CC1C. The lowest BCUT2D eigenvalue weighted by molar-refractivity contribution is -0.123. The second kappa shape index (κ2) is 9.60. The zero-order valence-electron chi connectivity index (χ0n) is 18.3. The molecule has 0 fully saturated rings. The highest BCUT2D eigenvalue weighted by Crippen LogP contribution is 2.33. The first-order chi connectivity index (χ1) is 15.6. The van der Waals surface area contributed by atoms with Crippen molar-refractivity contribution < 1.29 is 18.7 Å². The van der Waals surface area contributed by atoms with E-state index in [2.05, 4.69) is 34.8 Å². The van der Waals surface area contributed by atoms with E-state index in [4.69, 9.17) is 9.15 Å². The second-order valence-electron chi connectivity index (χ2n) is 7.82. The predicted molar refractivity (Wildman–Crippen MR) is 121 cm³/mol. The van der Waals surface area contributed by atoms with Gasteiger partial charge in [-0.3, -0.25) is 20.4 Å². The van der Waals surface area contributed by atoms with Crippen LogP contribution in [-0.2, 0) is 24.2 Å². The fourth-order valence-corrected chi connectivity index (χ4v) is 4.00. The Morgan fingerprint density at radius 2 is 1.88 bits per heavy atom. The van der Waals surface area contributed by atoms with Crippen LogP contribution in [0.15, 0.2) is 65.3 Å². The predicted octanol–water partition coefficient (Wildman–Crippen LogP) is 3.63. The van der Waals surface area contributed by atoms with E-state index in [1.807, 2.05) is 43.3 Å². The van der Waals surface area contributed by atoms with Gasteiger partial charge in [-0.25, -0.2) is 0 Å². The standard InChI is InChI=1S/C25H27N3O4/c1-3-18-8-5-7-11-22(18)32-16-24(29)26-27-25(30)20-12-13-31-23(20)15-28-17(2)14-19-9-4-6-10-21(19)28/h4-13,17H,3,14-16H2,1-2H3,(H,26,29)(H,27,30). The molecule has 1 aromatic heterocycles. The molecule has 166 valence electrons. The lowest BCUT2D eigenvalue weighted by Crippen LogP contribution is -2.44. The van der Waals surface area contributed by atoms with Gasteiger partial charge in [0.15, 0.2) is 6.61 Å². The van der Waals surface area contributed by atoms with Crippen LogP contribution in [0.3, 0.4) is 0 Å². The summed E-state index contributed by atoms with van der Waals surface area (Å²) >= 11 is 0. The zero-order chi connectivity index (χ0) is 22.5. The quantitative estimate of drug-likeness (QED) is 0.556. The number of nitrogens with one attached hydrogen (secondary N) is 2. The summed E-state index contributed by atoms with van der Waals surface area (Å²) < 4.78 is 11.2. The number of para-hydroxylation sites is 2. The Kier molecular flexibility index (Phi) is 6.44. The lowest BCUT2D eigenvalue weighted by atomic mass is 10.1. The van der Waals surface area contributed by atoms with Crippen LogP contribution in [0, 0.1) is 0 Å². The van der Waals surface area contributed by atoms with Crippen LogP contribution >= 0.6 is 0 Å². The summed E-state index contributed by atoms with van der Waals surface area (Å²) in [7, 11) is 0. The van der Waals surface area contributed by atoms with Crippen LogP contribution in [0.4, 0.5) is 5.69 Å². The fourth-order valence-electron chi connectivity index (χ4n) is 4.00. The first-order valence-corrected chi connectivity index (χ1v) is 10.8. The molecule has 7 heteroatoms. The van der Waals surface area contributed by atoms with Crippen molar-refractivity contribution in [1.29, 1.82) is 0 Å². The van der Waals surface area contributed by atoms with Gasteiger partial charge >= 0.3 is 0 Å². The van der Waals surface area contributed by atoms with Crippen LogP contribution in [0.1, 0.15) is 41.1 Å². The maximum Gasteiger partial charge on any atom is 0.276 e. The Bertz CT molecular complexity index is 1110. The molecule has 3 aromatic rings. The van der Waals surface area contributed by atoms with E-state index in [1.54, 1.807) is 6.07 Å². The Morgan fingerprint density at radius 3 is 2.72 bits per heavy atom. The van der Waals surface area contributed by atoms with E-state index >= 15 is 0 Å². The number of rotatable bonds is 7. The number of hydrogen-bond acceptors (Lipinski definition) is 5. The molecule has 1 unspecified atom stereocenters. The maximum atomic E-state index is 12.7. The smallest absolute Gasteiger partial charge is 0.276 e. The maximum absolute atomic E-state index is 12.7. The lowest BCUT2D eigenvalue weighted by Gasteiger charge is -2.24. The minimum Gasteiger partial charge on any atom is -0.483 e. The van der Waals surface area contributed by atoms with Crippen LogP contribution in [0.5, 0.6) is 5.75 Å². The molecular weight excluding hydrogens is 406 g/mol. The minimum atomic E-state index is -0.448. The monoisotopic (exact) mass is 433 g/mol. The number of carbonyl (C=O) groups excluding carboxylic acids is 2. The van der Waals surface area contributed by atoms with Crippen molar-refractivity contribution in [3.63, 3.8) is 0 Å². The highest BCUT2D eigenvalue weighted by atomic mass is 16.5. The van der Waals surface area contributed by atoms with E-state index in [9.17, 15) is 9.59 Å². The number of fused-ring (bicyclic) bond motifs is 1. The molecule has 1 aliphatic rings. The molecule has 1 atom stereocenters. The van der Waals surface area contributed by atoms with E-state index in [-0.39, 0.29) is 6.61 Å². The molecule has 0 spiro atoms. The van der Waals surface area contributed by atoms with Gasteiger partial charge in [0.2, 0.25) is 0 Å². The van der Waals surface area contributed by atoms with Gasteiger partial charge in [-0.2, -0.15) is 0 Å². The van der Waals surface area contributed by atoms with Gasteiger partial charge in [0.05, 0.1) is 18.4 Å². The Hall–Kier alpha value is -3.74. The number of carbonyl (C=O) groups is 2. The molecule has 0 aliphatic carbocycles. The molecule has 0 radical (unpaired) electrons. The van der Waals surface area contributed by atoms with Crippen molar-refractivity contribution in [2.24, 2.45) is 0 Å². The molecule has 2 amide bonds. The summed E-state index contributed by atoms with van der Waals surface area (Å²) in [6.45, 7) is 4.45. The first kappa shape index (κ1) is 21.5. The number of nitrogens with zero attached hydrogens (tertiary/aromatic N) is 1. The number of amides is 2. The van der Waals surface area contributed by atoms with Gasteiger partial charge in [-0.15, -0.1) is 0 Å². The van der Waals surface area contributed by atoms with E-state index in [0.717, 1.165) is 24.1 Å². The third-order valence-corrected chi connectivity index (χ3v) is 5.68. The number of hydrogen-bond donors (Lipinski definition) is 2.